The van der Waals surface area contributed by atoms with Gasteiger partial charge in [0.25, 0.3) is 5.24 Å². The normalized spacial score (nSPS) is 10.3. The number of thioether (sulfide) groups is 1. The van der Waals surface area contributed by atoms with Gasteiger partial charge in [-0.15, -0.1) is 0 Å². The van der Waals surface area contributed by atoms with Gasteiger partial charge in [0.2, 0.25) is 0 Å². The summed E-state index contributed by atoms with van der Waals surface area (Å²) in [4.78, 5) is 11.4. The second-order valence-corrected chi connectivity index (χ2v) is 5.00. The van der Waals surface area contributed by atoms with Crippen LogP contribution in [0.1, 0.15) is 19.4 Å². The fourth-order valence-electron chi connectivity index (χ4n) is 1.08. The van der Waals surface area contributed by atoms with Gasteiger partial charge in [0.15, 0.2) is 0 Å². The minimum atomic E-state index is 0.00519. The molecule has 0 fully saturated rings. The number of hydrogen-bond donors (Lipinski definition) is 1. The Morgan fingerprint density at radius 2 is 2.14 bits per heavy atom. The number of aryl methyl sites for hydroxylation is 1. The van der Waals surface area contributed by atoms with Crippen LogP contribution in [0.15, 0.2) is 24.3 Å². The van der Waals surface area contributed by atoms with Crippen molar-refractivity contribution >= 4 is 22.7 Å². The third-order valence-corrected chi connectivity index (χ3v) is 2.39. The standard InChI is InChI=1S/C11H15NOS/c1-8(2)14-11(13)12-10-6-4-5-9(3)7-10/h4-8H,1-3H3,(H,12,13). The van der Waals surface area contributed by atoms with Gasteiger partial charge in [-0.3, -0.25) is 4.79 Å². The molecule has 0 atom stereocenters. The van der Waals surface area contributed by atoms with Crippen molar-refractivity contribution in [2.24, 2.45) is 0 Å². The first-order valence-electron chi connectivity index (χ1n) is 4.62. The second-order valence-electron chi connectivity index (χ2n) is 3.45. The third-order valence-electron chi connectivity index (χ3n) is 1.61. The van der Waals surface area contributed by atoms with Gasteiger partial charge in [0, 0.05) is 10.9 Å². The minimum absolute atomic E-state index is 0.00519. The lowest BCUT2D eigenvalue weighted by atomic mass is 10.2. The van der Waals surface area contributed by atoms with Crippen LogP contribution >= 0.6 is 11.8 Å². The quantitative estimate of drug-likeness (QED) is 0.805. The van der Waals surface area contributed by atoms with E-state index >= 15 is 0 Å². The van der Waals surface area contributed by atoms with E-state index in [4.69, 9.17) is 0 Å². The molecule has 14 heavy (non-hydrogen) atoms. The summed E-state index contributed by atoms with van der Waals surface area (Å²) in [6.07, 6.45) is 0. The summed E-state index contributed by atoms with van der Waals surface area (Å²) in [5.74, 6) is 0. The van der Waals surface area contributed by atoms with E-state index in [2.05, 4.69) is 5.32 Å². The van der Waals surface area contributed by atoms with E-state index in [1.54, 1.807) is 0 Å². The molecule has 1 rings (SSSR count). The topological polar surface area (TPSA) is 29.1 Å². The molecule has 1 N–H and O–H groups in total. The summed E-state index contributed by atoms with van der Waals surface area (Å²) in [5, 5.41) is 3.16. The van der Waals surface area contributed by atoms with Gasteiger partial charge in [-0.25, -0.2) is 0 Å². The molecule has 0 unspecified atom stereocenters. The highest BCUT2D eigenvalue weighted by molar-refractivity contribution is 8.14. The Kier molecular flexibility index (Phi) is 4.01. The number of hydrogen-bond acceptors (Lipinski definition) is 2. The van der Waals surface area contributed by atoms with Crippen LogP contribution in [0, 0.1) is 6.92 Å². The molecule has 0 radical (unpaired) electrons. The Labute approximate surface area is 89.1 Å². The van der Waals surface area contributed by atoms with E-state index < -0.39 is 0 Å². The maximum absolute atomic E-state index is 11.4. The lowest BCUT2D eigenvalue weighted by molar-refractivity contribution is 0.269. The SMILES string of the molecule is Cc1cccc(NC(=O)SC(C)C)c1. The highest BCUT2D eigenvalue weighted by Crippen LogP contribution is 2.16. The van der Waals surface area contributed by atoms with Crippen LogP contribution < -0.4 is 5.32 Å². The maximum atomic E-state index is 11.4. The number of carbonyl (C=O) groups excluding carboxylic acids is 1. The Balaban J connectivity index is 2.56. The fourth-order valence-corrected chi connectivity index (χ4v) is 1.69. The molecule has 0 saturated carbocycles. The first-order chi connectivity index (χ1) is 6.58. The Morgan fingerprint density at radius 1 is 1.43 bits per heavy atom. The van der Waals surface area contributed by atoms with E-state index in [0.29, 0.717) is 5.25 Å². The van der Waals surface area contributed by atoms with Crippen molar-refractivity contribution in [2.75, 3.05) is 5.32 Å². The number of rotatable bonds is 2. The molecule has 1 amide bonds. The van der Waals surface area contributed by atoms with Gasteiger partial charge in [-0.05, 0) is 24.6 Å². The van der Waals surface area contributed by atoms with E-state index in [-0.39, 0.29) is 5.24 Å². The van der Waals surface area contributed by atoms with Crippen LogP contribution in [0.3, 0.4) is 0 Å². The van der Waals surface area contributed by atoms with Gasteiger partial charge in [0.1, 0.15) is 0 Å². The largest absolute Gasteiger partial charge is 0.317 e. The fraction of sp³-hybridized carbons (Fsp3) is 0.364. The highest BCUT2D eigenvalue weighted by Gasteiger charge is 2.05. The zero-order valence-corrected chi connectivity index (χ0v) is 9.52. The molecule has 76 valence electrons. The Hall–Kier alpha value is -0.960. The summed E-state index contributed by atoms with van der Waals surface area (Å²) in [6, 6.07) is 7.79. The summed E-state index contributed by atoms with van der Waals surface area (Å²) in [5.41, 5.74) is 2.01. The van der Waals surface area contributed by atoms with Crippen molar-refractivity contribution in [3.63, 3.8) is 0 Å². The van der Waals surface area contributed by atoms with Crippen molar-refractivity contribution in [1.82, 2.24) is 0 Å². The average molecular weight is 209 g/mol. The van der Waals surface area contributed by atoms with Crippen molar-refractivity contribution in [3.05, 3.63) is 29.8 Å². The van der Waals surface area contributed by atoms with Gasteiger partial charge >= 0.3 is 0 Å². The third kappa shape index (κ3) is 3.83. The summed E-state index contributed by atoms with van der Waals surface area (Å²) < 4.78 is 0. The van der Waals surface area contributed by atoms with Crippen molar-refractivity contribution in [1.29, 1.82) is 0 Å². The molecular formula is C11H15NOS. The number of benzene rings is 1. The van der Waals surface area contributed by atoms with E-state index in [1.807, 2.05) is 45.0 Å². The minimum Gasteiger partial charge on any atom is -0.317 e. The second kappa shape index (κ2) is 5.05. The number of nitrogens with one attached hydrogen (secondary N) is 1. The molecule has 0 spiro atoms. The molecule has 1 aromatic carbocycles. The lowest BCUT2D eigenvalue weighted by Crippen LogP contribution is -2.07. The van der Waals surface area contributed by atoms with Crippen LogP contribution in [0.2, 0.25) is 0 Å². The molecular weight excluding hydrogens is 194 g/mol. The molecule has 0 heterocycles. The zero-order valence-electron chi connectivity index (χ0n) is 8.70. The number of carbonyl (C=O) groups is 1. The summed E-state index contributed by atoms with van der Waals surface area (Å²) in [7, 11) is 0. The maximum Gasteiger partial charge on any atom is 0.283 e. The first-order valence-corrected chi connectivity index (χ1v) is 5.50. The van der Waals surface area contributed by atoms with Gasteiger partial charge in [-0.1, -0.05) is 37.7 Å². The highest BCUT2D eigenvalue weighted by atomic mass is 32.2. The van der Waals surface area contributed by atoms with Crippen LogP contribution in [-0.4, -0.2) is 10.5 Å². The monoisotopic (exact) mass is 209 g/mol. The zero-order chi connectivity index (χ0) is 10.6. The smallest absolute Gasteiger partial charge is 0.283 e. The summed E-state index contributed by atoms with van der Waals surface area (Å²) in [6.45, 7) is 6.01. The Morgan fingerprint density at radius 3 is 2.71 bits per heavy atom. The average Bonchev–Trinajstić information content (AvgIpc) is 2.01. The van der Waals surface area contributed by atoms with Crippen molar-refractivity contribution in [2.45, 2.75) is 26.0 Å². The molecule has 3 heteroatoms. The van der Waals surface area contributed by atoms with Gasteiger partial charge in [-0.2, -0.15) is 0 Å². The van der Waals surface area contributed by atoms with E-state index in [9.17, 15) is 4.79 Å². The molecule has 1 aromatic rings. The molecule has 0 bridgehead atoms. The van der Waals surface area contributed by atoms with Crippen molar-refractivity contribution < 1.29 is 4.79 Å². The van der Waals surface area contributed by atoms with Crippen molar-refractivity contribution in [3.8, 4) is 0 Å². The predicted molar refractivity (Wildman–Crippen MR) is 62.9 cm³/mol. The predicted octanol–water partition coefficient (Wildman–Crippen LogP) is 3.67. The molecule has 2 nitrogen and oxygen atoms in total. The Bertz CT molecular complexity index is 323. The molecule has 0 saturated heterocycles. The van der Waals surface area contributed by atoms with Gasteiger partial charge in [0.05, 0.1) is 0 Å². The molecule has 0 aliphatic heterocycles. The lowest BCUT2D eigenvalue weighted by Gasteiger charge is -2.06. The van der Waals surface area contributed by atoms with Gasteiger partial charge < -0.3 is 5.32 Å². The summed E-state index contributed by atoms with van der Waals surface area (Å²) >= 11 is 1.31. The van der Waals surface area contributed by atoms with Crippen LogP contribution in [0.4, 0.5) is 10.5 Å². The van der Waals surface area contributed by atoms with E-state index in [1.165, 1.54) is 11.8 Å². The first kappa shape index (κ1) is 11.1. The van der Waals surface area contributed by atoms with Crippen LogP contribution in [-0.2, 0) is 0 Å². The number of anilines is 1. The van der Waals surface area contributed by atoms with Crippen LogP contribution in [0.25, 0.3) is 0 Å². The van der Waals surface area contributed by atoms with E-state index in [0.717, 1.165) is 11.3 Å². The number of amides is 1. The molecule has 0 aliphatic rings. The molecule has 0 aliphatic carbocycles. The molecule has 0 aromatic heterocycles. The van der Waals surface area contributed by atoms with Crippen LogP contribution in [0.5, 0.6) is 0 Å².